The quantitative estimate of drug-likeness (QED) is 0.692. The molecule has 0 aromatic rings. The first-order valence-electron chi connectivity index (χ1n) is 7.75. The monoisotopic (exact) mass is 238 g/mol. The normalized spacial score (nSPS) is 30.2. The van der Waals surface area contributed by atoms with E-state index in [0.29, 0.717) is 0 Å². The molecule has 2 saturated heterocycles. The van der Waals surface area contributed by atoms with Gasteiger partial charge in [0.25, 0.3) is 0 Å². The summed E-state index contributed by atoms with van der Waals surface area (Å²) in [7, 11) is 0. The lowest BCUT2D eigenvalue weighted by Gasteiger charge is -2.43. The van der Waals surface area contributed by atoms with Crippen molar-refractivity contribution >= 4 is 0 Å². The molecule has 2 aliphatic heterocycles. The van der Waals surface area contributed by atoms with E-state index in [4.69, 9.17) is 0 Å². The fraction of sp³-hybridized carbons (Fsp3) is 1.00. The van der Waals surface area contributed by atoms with Gasteiger partial charge in [0.15, 0.2) is 0 Å². The number of hydrogen-bond acceptors (Lipinski definition) is 2. The minimum absolute atomic E-state index is 0.729. The zero-order valence-corrected chi connectivity index (χ0v) is 11.8. The molecule has 0 aliphatic carbocycles. The van der Waals surface area contributed by atoms with E-state index in [2.05, 4.69) is 23.6 Å². The highest BCUT2D eigenvalue weighted by atomic mass is 15.3. The van der Waals surface area contributed by atoms with Crippen LogP contribution in [0.1, 0.15) is 58.8 Å². The summed E-state index contributed by atoms with van der Waals surface area (Å²) in [5.74, 6) is 0. The summed E-state index contributed by atoms with van der Waals surface area (Å²) in [5, 5.41) is 0. The fourth-order valence-electron chi connectivity index (χ4n) is 3.36. The van der Waals surface area contributed by atoms with E-state index in [9.17, 15) is 0 Å². The Morgan fingerprint density at radius 3 is 2.29 bits per heavy atom. The second-order valence-corrected chi connectivity index (χ2v) is 6.19. The standard InChI is InChI=1S/C15H30N2/c1-14(2)17-12-11-16-10-8-6-4-3-5-7-9-15(16)13-17/h14-15H,3-13H2,1-2H3. The number of piperazine rings is 1. The first-order valence-corrected chi connectivity index (χ1v) is 7.75. The molecule has 2 heterocycles. The molecule has 1 atom stereocenters. The molecule has 100 valence electrons. The summed E-state index contributed by atoms with van der Waals surface area (Å²) in [4.78, 5) is 5.46. The minimum atomic E-state index is 0.729. The molecule has 2 heteroatoms. The molecule has 0 bridgehead atoms. The summed E-state index contributed by atoms with van der Waals surface area (Å²) < 4.78 is 0. The lowest BCUT2D eigenvalue weighted by atomic mass is 9.99. The van der Waals surface area contributed by atoms with Gasteiger partial charge >= 0.3 is 0 Å². The van der Waals surface area contributed by atoms with Crippen molar-refractivity contribution in [2.45, 2.75) is 70.9 Å². The van der Waals surface area contributed by atoms with Crippen LogP contribution in [0.4, 0.5) is 0 Å². The van der Waals surface area contributed by atoms with E-state index < -0.39 is 0 Å². The average Bonchev–Trinajstić information content (AvgIpc) is 2.34. The second kappa shape index (κ2) is 6.75. The molecule has 2 rings (SSSR count). The number of nitrogens with zero attached hydrogens (tertiary/aromatic N) is 2. The number of hydrogen-bond donors (Lipinski definition) is 0. The Kier molecular flexibility index (Phi) is 5.30. The van der Waals surface area contributed by atoms with Gasteiger partial charge < -0.3 is 0 Å². The molecule has 2 nitrogen and oxygen atoms in total. The van der Waals surface area contributed by atoms with Crippen LogP contribution in [-0.4, -0.2) is 48.1 Å². The second-order valence-electron chi connectivity index (χ2n) is 6.19. The highest BCUT2D eigenvalue weighted by Gasteiger charge is 2.27. The smallest absolute Gasteiger partial charge is 0.0223 e. The molecule has 0 N–H and O–H groups in total. The van der Waals surface area contributed by atoms with Crippen LogP contribution in [0.5, 0.6) is 0 Å². The van der Waals surface area contributed by atoms with Gasteiger partial charge in [0.1, 0.15) is 0 Å². The maximum Gasteiger partial charge on any atom is 0.0223 e. The predicted octanol–water partition coefficient (Wildman–Crippen LogP) is 3.13. The molecule has 0 spiro atoms. The van der Waals surface area contributed by atoms with Gasteiger partial charge in [-0.25, -0.2) is 0 Å². The van der Waals surface area contributed by atoms with Crippen molar-refractivity contribution in [3.8, 4) is 0 Å². The fourth-order valence-corrected chi connectivity index (χ4v) is 3.36. The van der Waals surface area contributed by atoms with Gasteiger partial charge in [0.05, 0.1) is 0 Å². The summed E-state index contributed by atoms with van der Waals surface area (Å²) in [5.41, 5.74) is 0. The van der Waals surface area contributed by atoms with Crippen LogP contribution in [0.3, 0.4) is 0 Å². The minimum Gasteiger partial charge on any atom is -0.298 e. The van der Waals surface area contributed by atoms with Crippen LogP contribution in [0.25, 0.3) is 0 Å². The van der Waals surface area contributed by atoms with E-state index >= 15 is 0 Å². The van der Waals surface area contributed by atoms with Crippen molar-refractivity contribution in [3.05, 3.63) is 0 Å². The Balaban J connectivity index is 1.89. The molecule has 0 amide bonds. The maximum absolute atomic E-state index is 2.78. The van der Waals surface area contributed by atoms with Crippen LogP contribution in [0.2, 0.25) is 0 Å². The first kappa shape index (κ1) is 13.4. The van der Waals surface area contributed by atoms with Crippen molar-refractivity contribution in [2.24, 2.45) is 0 Å². The Hall–Kier alpha value is -0.0800. The Morgan fingerprint density at radius 2 is 1.53 bits per heavy atom. The van der Waals surface area contributed by atoms with E-state index in [-0.39, 0.29) is 0 Å². The summed E-state index contributed by atoms with van der Waals surface area (Å²) in [6.45, 7) is 9.96. The van der Waals surface area contributed by atoms with Crippen LogP contribution in [0.15, 0.2) is 0 Å². The van der Waals surface area contributed by atoms with Gasteiger partial charge in [-0.1, -0.05) is 32.1 Å². The first-order chi connectivity index (χ1) is 8.27. The predicted molar refractivity (Wildman–Crippen MR) is 74.4 cm³/mol. The number of rotatable bonds is 1. The lowest BCUT2D eigenvalue weighted by Crippen LogP contribution is -2.55. The topological polar surface area (TPSA) is 6.48 Å². The third-order valence-electron chi connectivity index (χ3n) is 4.60. The van der Waals surface area contributed by atoms with E-state index in [1.54, 1.807) is 0 Å². The van der Waals surface area contributed by atoms with Gasteiger partial charge in [-0.3, -0.25) is 9.80 Å². The molecule has 2 aliphatic rings. The van der Waals surface area contributed by atoms with Gasteiger partial charge in [0.2, 0.25) is 0 Å². The van der Waals surface area contributed by atoms with Gasteiger partial charge in [-0.05, 0) is 33.2 Å². The molecule has 17 heavy (non-hydrogen) atoms. The molecule has 0 aromatic carbocycles. The summed E-state index contributed by atoms with van der Waals surface area (Å²) in [6.07, 6.45) is 10.2. The van der Waals surface area contributed by atoms with E-state index in [0.717, 1.165) is 12.1 Å². The van der Waals surface area contributed by atoms with Gasteiger partial charge in [-0.2, -0.15) is 0 Å². The third-order valence-corrected chi connectivity index (χ3v) is 4.60. The third kappa shape index (κ3) is 3.96. The highest BCUT2D eigenvalue weighted by molar-refractivity contribution is 4.83. The largest absolute Gasteiger partial charge is 0.298 e. The summed E-state index contributed by atoms with van der Waals surface area (Å²) >= 11 is 0. The maximum atomic E-state index is 2.78. The molecule has 2 fully saturated rings. The molecule has 0 saturated carbocycles. The molecule has 0 radical (unpaired) electrons. The molecule has 0 aromatic heterocycles. The van der Waals surface area contributed by atoms with Crippen molar-refractivity contribution in [1.29, 1.82) is 0 Å². The average molecular weight is 238 g/mol. The van der Waals surface area contributed by atoms with Crippen molar-refractivity contribution in [2.75, 3.05) is 26.2 Å². The SMILES string of the molecule is CC(C)N1CCN2CCCCCCCCC2C1. The lowest BCUT2D eigenvalue weighted by molar-refractivity contribution is 0.0488. The Labute approximate surface area is 107 Å². The van der Waals surface area contributed by atoms with Crippen LogP contribution < -0.4 is 0 Å². The van der Waals surface area contributed by atoms with Crippen molar-refractivity contribution < 1.29 is 0 Å². The van der Waals surface area contributed by atoms with Gasteiger partial charge in [-0.15, -0.1) is 0 Å². The van der Waals surface area contributed by atoms with Crippen LogP contribution in [0, 0.1) is 0 Å². The van der Waals surface area contributed by atoms with Crippen molar-refractivity contribution in [3.63, 3.8) is 0 Å². The van der Waals surface area contributed by atoms with Crippen molar-refractivity contribution in [1.82, 2.24) is 9.80 Å². The number of fused-ring (bicyclic) bond motifs is 1. The van der Waals surface area contributed by atoms with E-state index in [1.807, 2.05) is 0 Å². The molecular weight excluding hydrogens is 208 g/mol. The highest BCUT2D eigenvalue weighted by Crippen LogP contribution is 2.20. The zero-order valence-electron chi connectivity index (χ0n) is 11.8. The zero-order chi connectivity index (χ0) is 12.1. The van der Waals surface area contributed by atoms with Crippen LogP contribution in [-0.2, 0) is 0 Å². The van der Waals surface area contributed by atoms with Gasteiger partial charge in [0, 0.05) is 31.7 Å². The van der Waals surface area contributed by atoms with Crippen LogP contribution >= 0.6 is 0 Å². The van der Waals surface area contributed by atoms with E-state index in [1.165, 1.54) is 71.1 Å². The Morgan fingerprint density at radius 1 is 0.824 bits per heavy atom. The molecular formula is C15H30N2. The Bertz CT molecular complexity index is 215. The summed E-state index contributed by atoms with van der Waals surface area (Å²) in [6, 6.07) is 1.58. The molecule has 1 unspecified atom stereocenters.